The molecule has 2 aromatic carbocycles. The van der Waals surface area contributed by atoms with Crippen LogP contribution in [0.4, 0.5) is 31.1 Å². The Morgan fingerprint density at radius 3 is 2.12 bits per heavy atom. The molecule has 1 saturated carbocycles. The molecule has 0 atom stereocenters. The number of nitrogens with zero attached hydrogens (tertiary/aromatic N) is 3. The molecule has 2 aromatic rings. The van der Waals surface area contributed by atoms with E-state index in [2.05, 4.69) is 5.32 Å². The Kier molecular flexibility index (Phi) is 7.58. The minimum atomic E-state index is -5.00. The average molecular weight is 565 g/mol. The number of benzene rings is 2. The molecule has 5 nitrogen and oxygen atoms in total. The molecule has 2 aliphatic heterocycles. The number of hydrogen-bond donors (Lipinski definition) is 0. The van der Waals surface area contributed by atoms with Crippen LogP contribution in [0.15, 0.2) is 36.4 Å². The lowest BCUT2D eigenvalue weighted by atomic mass is 9.91. The zero-order valence-corrected chi connectivity index (χ0v) is 21.6. The number of likely N-dealkylation sites (tertiary alicyclic amines) is 1. The molecule has 40 heavy (non-hydrogen) atoms. The normalized spacial score (nSPS) is 17.9. The molecule has 2 heterocycles. The summed E-state index contributed by atoms with van der Waals surface area (Å²) in [6, 6.07) is 6.02. The summed E-state index contributed by atoms with van der Waals surface area (Å²) in [7, 11) is 0. The first kappa shape index (κ1) is 28.0. The molecule has 213 valence electrons. The van der Waals surface area contributed by atoms with Gasteiger partial charge in [0.2, 0.25) is 0 Å². The van der Waals surface area contributed by atoms with Gasteiger partial charge in [0.15, 0.2) is 0 Å². The third-order valence-corrected chi connectivity index (χ3v) is 7.73. The van der Waals surface area contributed by atoms with E-state index in [0.717, 1.165) is 25.2 Å². The van der Waals surface area contributed by atoms with E-state index in [4.69, 9.17) is 0 Å². The maximum absolute atomic E-state index is 13.7. The Bertz CT molecular complexity index is 1370. The summed E-state index contributed by atoms with van der Waals surface area (Å²) in [5.74, 6) is 0.756. The van der Waals surface area contributed by atoms with E-state index < -0.39 is 42.0 Å². The SMILES string of the molecule is O=C1C=c2c(CN(Cc3cc(C(F)(F)F)cc(C(F)(F)F)c3)C(=O)N3CCC(CC4CC4)CC3)cccc2=C[N]1. The van der Waals surface area contributed by atoms with Gasteiger partial charge in [0.25, 0.3) is 5.91 Å². The van der Waals surface area contributed by atoms with Crippen molar-refractivity contribution in [2.75, 3.05) is 13.1 Å². The van der Waals surface area contributed by atoms with Crippen molar-refractivity contribution in [1.82, 2.24) is 15.1 Å². The monoisotopic (exact) mass is 564 g/mol. The quantitative estimate of drug-likeness (QED) is 0.463. The van der Waals surface area contributed by atoms with Crippen LogP contribution in [0.2, 0.25) is 0 Å². The van der Waals surface area contributed by atoms with Crippen molar-refractivity contribution in [3.05, 3.63) is 69.1 Å². The number of hydrogen-bond acceptors (Lipinski definition) is 2. The molecule has 1 saturated heterocycles. The average Bonchev–Trinajstić information content (AvgIpc) is 3.71. The predicted octanol–water partition coefficient (Wildman–Crippen LogP) is 5.02. The van der Waals surface area contributed by atoms with Crippen LogP contribution in [0, 0.1) is 11.8 Å². The standard InChI is InChI=1S/C29H28F6N3O2/c30-28(31,32)23-11-20(12-24(13-23)29(33,34)35)16-38(17-22-3-1-2-21-15-36-26(39)14-25(21)22)27(40)37-8-6-19(7-9-37)10-18-4-5-18/h1-3,11-15,18-19H,4-10,16-17H2. The second kappa shape index (κ2) is 10.8. The predicted molar refractivity (Wildman–Crippen MR) is 134 cm³/mol. The largest absolute Gasteiger partial charge is 0.416 e. The number of alkyl halides is 6. The molecule has 1 radical (unpaired) electrons. The van der Waals surface area contributed by atoms with Crippen LogP contribution in [0.3, 0.4) is 0 Å². The van der Waals surface area contributed by atoms with Crippen molar-refractivity contribution in [2.45, 2.75) is 57.5 Å². The van der Waals surface area contributed by atoms with Gasteiger partial charge in [-0.05, 0) is 65.6 Å². The highest BCUT2D eigenvalue weighted by Gasteiger charge is 2.37. The van der Waals surface area contributed by atoms with Gasteiger partial charge in [0.1, 0.15) is 0 Å². The van der Waals surface area contributed by atoms with E-state index in [0.29, 0.717) is 47.1 Å². The lowest BCUT2D eigenvalue weighted by Gasteiger charge is -2.36. The van der Waals surface area contributed by atoms with E-state index in [9.17, 15) is 35.9 Å². The van der Waals surface area contributed by atoms with Crippen LogP contribution >= 0.6 is 0 Å². The van der Waals surface area contributed by atoms with Crippen LogP contribution in [0.5, 0.6) is 0 Å². The molecule has 0 unspecified atom stereocenters. The Hall–Kier alpha value is -3.50. The lowest BCUT2D eigenvalue weighted by molar-refractivity contribution is -0.143. The number of carbonyl (C=O) groups excluding carboxylic acids is 2. The van der Waals surface area contributed by atoms with Gasteiger partial charge in [0, 0.05) is 43.7 Å². The third-order valence-electron chi connectivity index (χ3n) is 7.73. The van der Waals surface area contributed by atoms with Gasteiger partial charge < -0.3 is 9.80 Å². The Morgan fingerprint density at radius 1 is 0.900 bits per heavy atom. The lowest BCUT2D eigenvalue weighted by Crippen LogP contribution is -2.47. The van der Waals surface area contributed by atoms with Crippen molar-refractivity contribution >= 4 is 24.2 Å². The number of carbonyl (C=O) groups is 2. The maximum atomic E-state index is 13.7. The Labute approximate surface area is 227 Å². The van der Waals surface area contributed by atoms with Crippen LogP contribution in [-0.4, -0.2) is 34.8 Å². The summed E-state index contributed by atoms with van der Waals surface area (Å²) in [6.45, 7) is 0.347. The van der Waals surface area contributed by atoms with Gasteiger partial charge in [-0.15, -0.1) is 0 Å². The molecule has 0 spiro atoms. The summed E-state index contributed by atoms with van der Waals surface area (Å²) in [4.78, 5) is 28.6. The highest BCUT2D eigenvalue weighted by atomic mass is 19.4. The second-order valence-electron chi connectivity index (χ2n) is 10.8. The van der Waals surface area contributed by atoms with Gasteiger partial charge >= 0.3 is 18.4 Å². The minimum Gasteiger partial charge on any atom is -0.325 e. The van der Waals surface area contributed by atoms with Crippen LogP contribution < -0.4 is 15.8 Å². The summed E-state index contributed by atoms with van der Waals surface area (Å²) in [6.07, 6.45) is -2.11. The van der Waals surface area contributed by atoms with Gasteiger partial charge in [-0.25, -0.2) is 10.1 Å². The molecular weight excluding hydrogens is 536 g/mol. The van der Waals surface area contributed by atoms with Crippen LogP contribution in [-0.2, 0) is 30.2 Å². The fourth-order valence-electron chi connectivity index (χ4n) is 5.47. The summed E-state index contributed by atoms with van der Waals surface area (Å²) in [5, 5.41) is 4.89. The van der Waals surface area contributed by atoms with Crippen molar-refractivity contribution < 1.29 is 35.9 Å². The zero-order valence-electron chi connectivity index (χ0n) is 21.6. The molecule has 3 amide bonds. The van der Waals surface area contributed by atoms with E-state index in [1.54, 1.807) is 23.1 Å². The highest BCUT2D eigenvalue weighted by molar-refractivity contribution is 6.06. The summed E-state index contributed by atoms with van der Waals surface area (Å²) < 4.78 is 81.1. The van der Waals surface area contributed by atoms with E-state index >= 15 is 0 Å². The topological polar surface area (TPSA) is 54.7 Å². The minimum absolute atomic E-state index is 0.0772. The number of rotatable bonds is 6. The number of urea groups is 1. The van der Waals surface area contributed by atoms with Crippen molar-refractivity contribution in [3.8, 4) is 0 Å². The summed E-state index contributed by atoms with van der Waals surface area (Å²) >= 11 is 0. The first-order chi connectivity index (χ1) is 18.9. The molecule has 2 fully saturated rings. The molecule has 0 N–H and O–H groups in total. The smallest absolute Gasteiger partial charge is 0.325 e. The zero-order chi connectivity index (χ0) is 28.7. The fourth-order valence-corrected chi connectivity index (χ4v) is 5.47. The molecule has 1 aliphatic carbocycles. The highest BCUT2D eigenvalue weighted by Crippen LogP contribution is 2.39. The molecule has 3 aliphatic rings. The number of halogens is 6. The number of amides is 3. The maximum Gasteiger partial charge on any atom is 0.416 e. The first-order valence-electron chi connectivity index (χ1n) is 13.2. The molecule has 5 rings (SSSR count). The first-order valence-corrected chi connectivity index (χ1v) is 13.2. The summed E-state index contributed by atoms with van der Waals surface area (Å²) in [5.41, 5.74) is -2.61. The van der Waals surface area contributed by atoms with Gasteiger partial charge in [-0.3, -0.25) is 4.79 Å². The molecule has 0 aromatic heterocycles. The van der Waals surface area contributed by atoms with Crippen molar-refractivity contribution in [2.24, 2.45) is 11.8 Å². The fraction of sp³-hybridized carbons (Fsp3) is 0.448. The third kappa shape index (κ3) is 6.62. The van der Waals surface area contributed by atoms with Crippen molar-refractivity contribution in [1.29, 1.82) is 0 Å². The Balaban J connectivity index is 1.47. The van der Waals surface area contributed by atoms with Crippen molar-refractivity contribution in [3.63, 3.8) is 0 Å². The molecule has 11 heteroatoms. The van der Waals surface area contributed by atoms with E-state index in [1.807, 2.05) is 0 Å². The number of piperidine rings is 1. The molecular formula is C29H28F6N3O2. The van der Waals surface area contributed by atoms with E-state index in [1.165, 1.54) is 30.0 Å². The van der Waals surface area contributed by atoms with Crippen LogP contribution in [0.1, 0.15) is 54.4 Å². The van der Waals surface area contributed by atoms with Crippen LogP contribution in [0.25, 0.3) is 12.3 Å². The number of fused-ring (bicyclic) bond motifs is 1. The second-order valence-corrected chi connectivity index (χ2v) is 10.8. The molecule has 0 bridgehead atoms. The van der Waals surface area contributed by atoms with Gasteiger partial charge in [-0.2, -0.15) is 26.3 Å². The Morgan fingerprint density at radius 2 is 1.52 bits per heavy atom. The van der Waals surface area contributed by atoms with Gasteiger partial charge in [-0.1, -0.05) is 31.0 Å². The van der Waals surface area contributed by atoms with E-state index in [-0.39, 0.29) is 18.2 Å². The van der Waals surface area contributed by atoms with Gasteiger partial charge in [0.05, 0.1) is 11.1 Å².